The lowest BCUT2D eigenvalue weighted by atomic mass is 10.1. The van der Waals surface area contributed by atoms with Crippen LogP contribution in [0.3, 0.4) is 0 Å². The van der Waals surface area contributed by atoms with Gasteiger partial charge in [0.25, 0.3) is 0 Å². The number of hydrogen-bond acceptors (Lipinski definition) is 3. The van der Waals surface area contributed by atoms with Crippen LogP contribution in [0.5, 0.6) is 11.5 Å². The van der Waals surface area contributed by atoms with Crippen LogP contribution in [0.2, 0.25) is 0 Å². The summed E-state index contributed by atoms with van der Waals surface area (Å²) in [6, 6.07) is 21.2. The van der Waals surface area contributed by atoms with Crippen molar-refractivity contribution in [3.05, 3.63) is 72.8 Å². The highest BCUT2D eigenvalue weighted by molar-refractivity contribution is 7.48. The van der Waals surface area contributed by atoms with E-state index in [0.717, 1.165) is 10.8 Å². The molecule has 1 unspecified atom stereocenters. The number of phosphoric acid groups is 1. The summed E-state index contributed by atoms with van der Waals surface area (Å²) in [5.41, 5.74) is 0. The van der Waals surface area contributed by atoms with Crippen LogP contribution in [0.1, 0.15) is 0 Å². The number of para-hydroxylation sites is 1. The minimum atomic E-state index is -4.21. The van der Waals surface area contributed by atoms with Gasteiger partial charge in [-0.15, -0.1) is 0 Å². The molecule has 21 heavy (non-hydrogen) atoms. The lowest BCUT2D eigenvalue weighted by Gasteiger charge is -2.14. The van der Waals surface area contributed by atoms with Crippen LogP contribution in [-0.4, -0.2) is 4.89 Å². The molecule has 0 heterocycles. The maximum atomic E-state index is 12.0. The Morgan fingerprint density at radius 3 is 2.10 bits per heavy atom. The number of rotatable bonds is 4. The van der Waals surface area contributed by atoms with Gasteiger partial charge in [-0.05, 0) is 35.0 Å². The Labute approximate surface area is 122 Å². The van der Waals surface area contributed by atoms with Gasteiger partial charge in [-0.2, -0.15) is 0 Å². The third kappa shape index (κ3) is 3.43. The van der Waals surface area contributed by atoms with Crippen molar-refractivity contribution in [2.75, 3.05) is 0 Å². The van der Waals surface area contributed by atoms with Crippen molar-refractivity contribution >= 4 is 18.6 Å². The first-order valence-electron chi connectivity index (χ1n) is 6.38. The van der Waals surface area contributed by atoms with Gasteiger partial charge in [-0.1, -0.05) is 48.5 Å². The van der Waals surface area contributed by atoms with E-state index in [1.807, 2.05) is 30.3 Å². The number of benzene rings is 3. The Balaban J connectivity index is 1.81. The molecule has 106 valence electrons. The van der Waals surface area contributed by atoms with Crippen LogP contribution in [-0.2, 0) is 4.57 Å². The molecule has 0 aliphatic rings. The fraction of sp³-hybridized carbons (Fsp3) is 0. The maximum Gasteiger partial charge on any atom is 0.584 e. The molecule has 0 fully saturated rings. The SMILES string of the molecule is O=P(O)(Oc1ccccc1)Oc1ccc2ccccc2c1. The molecule has 3 aromatic rings. The quantitative estimate of drug-likeness (QED) is 0.726. The van der Waals surface area contributed by atoms with Crippen LogP contribution >= 0.6 is 7.82 Å². The predicted octanol–water partition coefficient (Wildman–Crippen LogP) is 4.40. The summed E-state index contributed by atoms with van der Waals surface area (Å²) in [5.74, 6) is 0.569. The van der Waals surface area contributed by atoms with E-state index in [1.54, 1.807) is 42.5 Å². The average Bonchev–Trinajstić information content (AvgIpc) is 2.47. The Hall–Kier alpha value is -2.29. The summed E-state index contributed by atoms with van der Waals surface area (Å²) in [7, 11) is -4.21. The lowest BCUT2D eigenvalue weighted by Crippen LogP contribution is -1.99. The molecule has 0 aliphatic carbocycles. The number of phosphoric ester groups is 1. The second-order valence-electron chi connectivity index (χ2n) is 4.47. The van der Waals surface area contributed by atoms with Gasteiger partial charge in [0.15, 0.2) is 0 Å². The van der Waals surface area contributed by atoms with Crippen LogP contribution in [0, 0.1) is 0 Å². The highest BCUT2D eigenvalue weighted by Crippen LogP contribution is 2.44. The van der Waals surface area contributed by atoms with E-state index < -0.39 is 7.82 Å². The minimum Gasteiger partial charge on any atom is -0.395 e. The normalized spacial score (nSPS) is 13.6. The fourth-order valence-corrected chi connectivity index (χ4v) is 2.80. The standard InChI is InChI=1S/C16H13O4P/c17-21(18,19-15-8-2-1-3-9-15)20-16-11-10-13-6-4-5-7-14(13)12-16/h1-12H,(H,17,18). The first kappa shape index (κ1) is 13.7. The summed E-state index contributed by atoms with van der Waals surface area (Å²) in [5, 5.41) is 1.95. The molecule has 0 bridgehead atoms. The molecule has 1 N–H and O–H groups in total. The highest BCUT2D eigenvalue weighted by atomic mass is 31.2. The van der Waals surface area contributed by atoms with E-state index in [2.05, 4.69) is 0 Å². The zero-order valence-corrected chi connectivity index (χ0v) is 11.9. The van der Waals surface area contributed by atoms with E-state index in [9.17, 15) is 9.46 Å². The van der Waals surface area contributed by atoms with Gasteiger partial charge < -0.3 is 9.05 Å². The fourth-order valence-electron chi connectivity index (χ4n) is 1.99. The molecule has 0 spiro atoms. The van der Waals surface area contributed by atoms with E-state index in [0.29, 0.717) is 0 Å². The van der Waals surface area contributed by atoms with Gasteiger partial charge in [-0.25, -0.2) is 4.57 Å². The third-order valence-electron chi connectivity index (χ3n) is 2.91. The van der Waals surface area contributed by atoms with Gasteiger partial charge in [0.05, 0.1) is 0 Å². The third-order valence-corrected chi connectivity index (χ3v) is 3.79. The van der Waals surface area contributed by atoms with Gasteiger partial charge in [0.1, 0.15) is 11.5 Å². The summed E-state index contributed by atoms with van der Waals surface area (Å²) in [6.07, 6.45) is 0. The average molecular weight is 300 g/mol. The van der Waals surface area contributed by atoms with Gasteiger partial charge in [0.2, 0.25) is 0 Å². The molecule has 5 heteroatoms. The van der Waals surface area contributed by atoms with Crippen molar-refractivity contribution < 1.29 is 18.5 Å². The topological polar surface area (TPSA) is 55.8 Å². The van der Waals surface area contributed by atoms with Crippen LogP contribution in [0.25, 0.3) is 10.8 Å². The van der Waals surface area contributed by atoms with Gasteiger partial charge in [-0.3, -0.25) is 4.89 Å². The number of fused-ring (bicyclic) bond motifs is 1. The Morgan fingerprint density at radius 2 is 1.33 bits per heavy atom. The van der Waals surface area contributed by atoms with Crippen molar-refractivity contribution in [2.24, 2.45) is 0 Å². The van der Waals surface area contributed by atoms with Crippen LogP contribution < -0.4 is 9.05 Å². The lowest BCUT2D eigenvalue weighted by molar-refractivity contribution is 0.291. The number of hydrogen-bond donors (Lipinski definition) is 1. The maximum absolute atomic E-state index is 12.0. The first-order valence-corrected chi connectivity index (χ1v) is 7.88. The molecule has 4 nitrogen and oxygen atoms in total. The van der Waals surface area contributed by atoms with Gasteiger partial charge >= 0.3 is 7.82 Å². The smallest absolute Gasteiger partial charge is 0.395 e. The Bertz CT molecular complexity index is 801. The molecular weight excluding hydrogens is 287 g/mol. The highest BCUT2D eigenvalue weighted by Gasteiger charge is 2.24. The van der Waals surface area contributed by atoms with E-state index in [4.69, 9.17) is 9.05 Å². The van der Waals surface area contributed by atoms with Crippen molar-refractivity contribution in [1.82, 2.24) is 0 Å². The monoisotopic (exact) mass is 300 g/mol. The van der Waals surface area contributed by atoms with Gasteiger partial charge in [0, 0.05) is 0 Å². The summed E-state index contributed by atoms with van der Waals surface area (Å²) >= 11 is 0. The zero-order chi connectivity index (χ0) is 14.7. The molecule has 0 saturated heterocycles. The minimum absolute atomic E-state index is 0.282. The molecule has 0 amide bonds. The molecule has 3 aromatic carbocycles. The van der Waals surface area contributed by atoms with Crippen molar-refractivity contribution in [3.8, 4) is 11.5 Å². The Kier molecular flexibility index (Phi) is 3.65. The summed E-state index contributed by atoms with van der Waals surface area (Å²) < 4.78 is 22.1. The molecule has 3 rings (SSSR count). The molecule has 0 aromatic heterocycles. The Morgan fingerprint density at radius 1 is 0.714 bits per heavy atom. The van der Waals surface area contributed by atoms with Crippen molar-refractivity contribution in [2.45, 2.75) is 0 Å². The zero-order valence-electron chi connectivity index (χ0n) is 11.0. The second-order valence-corrected chi connectivity index (χ2v) is 5.78. The molecule has 0 aliphatic heterocycles. The van der Waals surface area contributed by atoms with E-state index in [1.165, 1.54) is 0 Å². The summed E-state index contributed by atoms with van der Waals surface area (Å²) in [4.78, 5) is 9.80. The predicted molar refractivity (Wildman–Crippen MR) is 81.5 cm³/mol. The van der Waals surface area contributed by atoms with Crippen molar-refractivity contribution in [3.63, 3.8) is 0 Å². The van der Waals surface area contributed by atoms with Crippen molar-refractivity contribution in [1.29, 1.82) is 0 Å². The molecule has 0 radical (unpaired) electrons. The largest absolute Gasteiger partial charge is 0.584 e. The first-order chi connectivity index (χ1) is 10.1. The molecule has 1 atom stereocenters. The van der Waals surface area contributed by atoms with E-state index in [-0.39, 0.29) is 11.5 Å². The summed E-state index contributed by atoms with van der Waals surface area (Å²) in [6.45, 7) is 0. The van der Waals surface area contributed by atoms with Crippen LogP contribution in [0.15, 0.2) is 72.8 Å². The van der Waals surface area contributed by atoms with E-state index >= 15 is 0 Å². The van der Waals surface area contributed by atoms with Crippen LogP contribution in [0.4, 0.5) is 0 Å². The molecule has 0 saturated carbocycles. The second kappa shape index (κ2) is 5.60. The molecular formula is C16H13O4P.